The number of benzene rings is 1. The van der Waals surface area contributed by atoms with Crippen LogP contribution in [-0.4, -0.2) is 32.1 Å². The molecule has 1 aromatic carbocycles. The van der Waals surface area contributed by atoms with Gasteiger partial charge >= 0.3 is 6.03 Å². The summed E-state index contributed by atoms with van der Waals surface area (Å²) in [6.45, 7) is 2.29. The molecule has 0 aliphatic rings. The lowest BCUT2D eigenvalue weighted by Gasteiger charge is -2.08. The standard InChI is InChI=1S/C12H17N3O3/c1-3-13-12(17)15-11(16)8-14-9-4-6-10(18-2)7-5-9/h4-7,14H,3,8H2,1-2H3,(H2,13,15,16,17). The third kappa shape index (κ3) is 4.73. The summed E-state index contributed by atoms with van der Waals surface area (Å²) >= 11 is 0. The van der Waals surface area contributed by atoms with Gasteiger partial charge in [-0.1, -0.05) is 0 Å². The van der Waals surface area contributed by atoms with Crippen molar-refractivity contribution in [2.24, 2.45) is 0 Å². The minimum Gasteiger partial charge on any atom is -0.497 e. The molecule has 0 aromatic heterocycles. The molecule has 0 unspecified atom stereocenters. The quantitative estimate of drug-likeness (QED) is 0.728. The van der Waals surface area contributed by atoms with Crippen molar-refractivity contribution in [2.45, 2.75) is 6.92 Å². The first-order chi connectivity index (χ1) is 8.65. The summed E-state index contributed by atoms with van der Waals surface area (Å²) in [6, 6.07) is 6.66. The molecule has 3 N–H and O–H groups in total. The number of ether oxygens (including phenoxy) is 1. The molecule has 1 aromatic rings. The smallest absolute Gasteiger partial charge is 0.321 e. The van der Waals surface area contributed by atoms with E-state index in [0.717, 1.165) is 11.4 Å². The normalized spacial score (nSPS) is 9.44. The first-order valence-electron chi connectivity index (χ1n) is 5.61. The average molecular weight is 251 g/mol. The molecule has 6 heteroatoms. The number of carbonyl (C=O) groups excluding carboxylic acids is 2. The number of rotatable bonds is 5. The second kappa shape index (κ2) is 7.16. The Morgan fingerprint density at radius 3 is 2.44 bits per heavy atom. The van der Waals surface area contributed by atoms with Crippen LogP contribution in [-0.2, 0) is 4.79 Å². The van der Waals surface area contributed by atoms with Gasteiger partial charge in [-0.15, -0.1) is 0 Å². The minimum absolute atomic E-state index is 0.0312. The second-order valence-corrected chi connectivity index (χ2v) is 3.49. The largest absolute Gasteiger partial charge is 0.497 e. The van der Waals surface area contributed by atoms with Crippen LogP contribution >= 0.6 is 0 Å². The number of methoxy groups -OCH3 is 1. The van der Waals surface area contributed by atoms with Gasteiger partial charge in [-0.05, 0) is 31.2 Å². The molecule has 98 valence electrons. The molecule has 0 saturated heterocycles. The first-order valence-corrected chi connectivity index (χ1v) is 5.61. The Morgan fingerprint density at radius 1 is 1.22 bits per heavy atom. The van der Waals surface area contributed by atoms with E-state index < -0.39 is 11.9 Å². The van der Waals surface area contributed by atoms with Crippen molar-refractivity contribution in [2.75, 3.05) is 25.5 Å². The Kier molecular flexibility index (Phi) is 5.50. The van der Waals surface area contributed by atoms with Gasteiger partial charge in [0, 0.05) is 12.2 Å². The summed E-state index contributed by atoms with van der Waals surface area (Å²) in [5, 5.41) is 7.57. The summed E-state index contributed by atoms with van der Waals surface area (Å²) in [5.41, 5.74) is 0.779. The fourth-order valence-corrected chi connectivity index (χ4v) is 1.27. The molecule has 0 aliphatic heterocycles. The Labute approximate surface area is 106 Å². The van der Waals surface area contributed by atoms with Gasteiger partial charge in [-0.3, -0.25) is 10.1 Å². The van der Waals surface area contributed by atoms with Gasteiger partial charge in [0.25, 0.3) is 0 Å². The van der Waals surface area contributed by atoms with Crippen LogP contribution < -0.4 is 20.7 Å². The van der Waals surface area contributed by atoms with Crippen LogP contribution in [0.1, 0.15) is 6.92 Å². The molecule has 6 nitrogen and oxygen atoms in total. The number of imide groups is 1. The van der Waals surface area contributed by atoms with Crippen molar-refractivity contribution in [1.82, 2.24) is 10.6 Å². The maximum atomic E-state index is 11.4. The predicted octanol–water partition coefficient (Wildman–Crippen LogP) is 0.953. The van der Waals surface area contributed by atoms with Crippen LogP contribution in [0.4, 0.5) is 10.5 Å². The van der Waals surface area contributed by atoms with Gasteiger partial charge in [0.1, 0.15) is 5.75 Å². The van der Waals surface area contributed by atoms with E-state index in [-0.39, 0.29) is 6.54 Å². The van der Waals surface area contributed by atoms with E-state index in [2.05, 4.69) is 16.0 Å². The van der Waals surface area contributed by atoms with Gasteiger partial charge in [0.05, 0.1) is 13.7 Å². The van der Waals surface area contributed by atoms with Crippen molar-refractivity contribution in [3.05, 3.63) is 24.3 Å². The topological polar surface area (TPSA) is 79.5 Å². The van der Waals surface area contributed by atoms with Crippen molar-refractivity contribution in [3.8, 4) is 5.75 Å². The zero-order chi connectivity index (χ0) is 13.4. The molecule has 0 saturated carbocycles. The summed E-state index contributed by atoms with van der Waals surface area (Å²) in [4.78, 5) is 22.4. The highest BCUT2D eigenvalue weighted by Gasteiger charge is 2.05. The highest BCUT2D eigenvalue weighted by atomic mass is 16.5. The van der Waals surface area contributed by atoms with E-state index in [9.17, 15) is 9.59 Å². The van der Waals surface area contributed by atoms with Crippen molar-refractivity contribution < 1.29 is 14.3 Å². The van der Waals surface area contributed by atoms with Crippen molar-refractivity contribution >= 4 is 17.6 Å². The van der Waals surface area contributed by atoms with Crippen molar-refractivity contribution in [1.29, 1.82) is 0 Å². The molecule has 0 radical (unpaired) electrons. The van der Waals surface area contributed by atoms with E-state index in [1.165, 1.54) is 0 Å². The molecule has 0 aliphatic carbocycles. The average Bonchev–Trinajstić information content (AvgIpc) is 2.37. The minimum atomic E-state index is -0.487. The Morgan fingerprint density at radius 2 is 1.89 bits per heavy atom. The number of carbonyl (C=O) groups is 2. The number of hydrogen-bond donors (Lipinski definition) is 3. The number of anilines is 1. The van der Waals surface area contributed by atoms with E-state index in [1.807, 2.05) is 0 Å². The molecule has 0 bridgehead atoms. The van der Waals surface area contributed by atoms with Gasteiger partial charge in [-0.25, -0.2) is 4.79 Å². The van der Waals surface area contributed by atoms with Crippen LogP contribution in [0.15, 0.2) is 24.3 Å². The Bertz CT molecular complexity index is 404. The lowest BCUT2D eigenvalue weighted by Crippen LogP contribution is -2.41. The fraction of sp³-hybridized carbons (Fsp3) is 0.333. The monoisotopic (exact) mass is 251 g/mol. The van der Waals surface area contributed by atoms with E-state index in [4.69, 9.17) is 4.74 Å². The molecule has 0 atom stereocenters. The number of nitrogens with one attached hydrogen (secondary N) is 3. The summed E-state index contributed by atoms with van der Waals surface area (Å²) in [5.74, 6) is 0.351. The third-order valence-corrected chi connectivity index (χ3v) is 2.13. The number of hydrogen-bond acceptors (Lipinski definition) is 4. The van der Waals surface area contributed by atoms with Gasteiger partial charge in [-0.2, -0.15) is 0 Å². The first kappa shape index (κ1) is 13.8. The lowest BCUT2D eigenvalue weighted by atomic mass is 10.3. The maximum absolute atomic E-state index is 11.4. The zero-order valence-electron chi connectivity index (χ0n) is 10.4. The van der Waals surface area contributed by atoms with Crippen molar-refractivity contribution in [3.63, 3.8) is 0 Å². The number of urea groups is 1. The molecular formula is C12H17N3O3. The SMILES string of the molecule is CCNC(=O)NC(=O)CNc1ccc(OC)cc1. The predicted molar refractivity (Wildman–Crippen MR) is 68.7 cm³/mol. The summed E-state index contributed by atoms with van der Waals surface area (Å²) in [7, 11) is 1.59. The van der Waals surface area contributed by atoms with Gasteiger partial charge in [0.2, 0.25) is 5.91 Å². The highest BCUT2D eigenvalue weighted by Crippen LogP contribution is 2.14. The molecule has 0 spiro atoms. The Hall–Kier alpha value is -2.24. The van der Waals surface area contributed by atoms with Gasteiger partial charge < -0.3 is 15.4 Å². The van der Waals surface area contributed by atoms with Crippen LogP contribution in [0.25, 0.3) is 0 Å². The Balaban J connectivity index is 2.35. The molecule has 0 fully saturated rings. The molecule has 3 amide bonds. The molecule has 1 rings (SSSR count). The summed E-state index contributed by atoms with van der Waals surface area (Å²) in [6.07, 6.45) is 0. The van der Waals surface area contributed by atoms with Crippen LogP contribution in [0.3, 0.4) is 0 Å². The zero-order valence-corrected chi connectivity index (χ0v) is 10.4. The second-order valence-electron chi connectivity index (χ2n) is 3.49. The molecule has 18 heavy (non-hydrogen) atoms. The highest BCUT2D eigenvalue weighted by molar-refractivity contribution is 5.96. The molecule has 0 heterocycles. The van der Waals surface area contributed by atoms with Gasteiger partial charge in [0.15, 0.2) is 0 Å². The van der Waals surface area contributed by atoms with E-state index in [0.29, 0.717) is 6.54 Å². The van der Waals surface area contributed by atoms with E-state index in [1.54, 1.807) is 38.3 Å². The fourth-order valence-electron chi connectivity index (χ4n) is 1.27. The van der Waals surface area contributed by atoms with E-state index >= 15 is 0 Å². The maximum Gasteiger partial charge on any atom is 0.321 e. The number of amides is 3. The van der Waals surface area contributed by atoms with Crippen LogP contribution in [0.5, 0.6) is 5.75 Å². The third-order valence-electron chi connectivity index (χ3n) is 2.13. The summed E-state index contributed by atoms with van der Waals surface area (Å²) < 4.78 is 5.01. The van der Waals surface area contributed by atoms with Crippen LogP contribution in [0.2, 0.25) is 0 Å². The molecular weight excluding hydrogens is 234 g/mol. The lowest BCUT2D eigenvalue weighted by molar-refractivity contribution is -0.118. The van der Waals surface area contributed by atoms with Crippen LogP contribution in [0, 0.1) is 0 Å².